The average molecular weight is 473 g/mol. The van der Waals surface area contributed by atoms with Crippen molar-refractivity contribution in [3.05, 3.63) is 68.7 Å². The molecule has 0 saturated carbocycles. The summed E-state index contributed by atoms with van der Waals surface area (Å²) in [6, 6.07) is 12.5. The number of pyridine rings is 2. The summed E-state index contributed by atoms with van der Waals surface area (Å²) in [5, 5.41) is 1.09. The lowest BCUT2D eigenvalue weighted by Crippen LogP contribution is -2.57. The molecule has 1 fully saturated rings. The number of thiazole rings is 1. The molecule has 3 aromatic heterocycles. The summed E-state index contributed by atoms with van der Waals surface area (Å²) in [5.41, 5.74) is 4.57. The molecule has 0 spiro atoms. The van der Waals surface area contributed by atoms with Gasteiger partial charge in [-0.3, -0.25) is 9.69 Å². The molecule has 8 heteroatoms. The van der Waals surface area contributed by atoms with Gasteiger partial charge >= 0.3 is 0 Å². The van der Waals surface area contributed by atoms with Gasteiger partial charge < -0.3 is 14.3 Å². The van der Waals surface area contributed by atoms with Gasteiger partial charge in [-0.2, -0.15) is 0 Å². The number of nitrogens with zero attached hydrogens (tertiary/aromatic N) is 6. The van der Waals surface area contributed by atoms with Gasteiger partial charge in [0.25, 0.3) is 11.4 Å². The third-order valence-electron chi connectivity index (χ3n) is 7.01. The van der Waals surface area contributed by atoms with Gasteiger partial charge in [0.15, 0.2) is 0 Å². The van der Waals surface area contributed by atoms with Crippen molar-refractivity contribution >= 4 is 44.1 Å². The molecule has 7 nitrogen and oxygen atoms in total. The number of aryl methyl sites for hydroxylation is 2. The van der Waals surface area contributed by atoms with Crippen LogP contribution in [0.5, 0.6) is 0 Å². The number of piperazine rings is 1. The lowest BCUT2D eigenvalue weighted by atomic mass is 10.00. The van der Waals surface area contributed by atoms with E-state index < -0.39 is 0 Å². The van der Waals surface area contributed by atoms with Crippen LogP contribution >= 0.6 is 11.3 Å². The topological polar surface area (TPSA) is 58.6 Å². The van der Waals surface area contributed by atoms with Crippen LogP contribution in [0.3, 0.4) is 0 Å². The van der Waals surface area contributed by atoms with E-state index in [-0.39, 0.29) is 23.7 Å². The predicted molar refractivity (Wildman–Crippen MR) is 139 cm³/mol. The van der Waals surface area contributed by atoms with Crippen molar-refractivity contribution in [3.8, 4) is 0 Å². The molecule has 4 heterocycles. The monoisotopic (exact) mass is 472 g/mol. The summed E-state index contributed by atoms with van der Waals surface area (Å²) in [6.07, 6.45) is 0. The summed E-state index contributed by atoms with van der Waals surface area (Å²) in [4.78, 5) is 30.3. The van der Waals surface area contributed by atoms with E-state index in [9.17, 15) is 4.79 Å². The highest BCUT2D eigenvalue weighted by molar-refractivity contribution is 7.18. The molecule has 0 amide bonds. The second kappa shape index (κ2) is 8.49. The van der Waals surface area contributed by atoms with E-state index in [2.05, 4.69) is 63.6 Å². The van der Waals surface area contributed by atoms with Crippen LogP contribution in [0.25, 0.3) is 26.1 Å². The first-order valence-corrected chi connectivity index (χ1v) is 12.4. The minimum Gasteiger partial charge on any atom is -0.362 e. The van der Waals surface area contributed by atoms with E-state index in [4.69, 9.17) is 6.57 Å². The number of benzene rings is 1. The van der Waals surface area contributed by atoms with Crippen molar-refractivity contribution in [2.75, 3.05) is 18.0 Å². The Morgan fingerprint density at radius 3 is 2.68 bits per heavy atom. The van der Waals surface area contributed by atoms with Gasteiger partial charge in [0, 0.05) is 44.3 Å². The highest BCUT2D eigenvalue weighted by Gasteiger charge is 2.34. The van der Waals surface area contributed by atoms with Crippen molar-refractivity contribution in [2.24, 2.45) is 7.05 Å². The Hall–Kier alpha value is -3.28. The molecular formula is C26H28N6OS. The zero-order chi connectivity index (χ0) is 24.1. The van der Waals surface area contributed by atoms with Gasteiger partial charge in [-0.05, 0) is 57.5 Å². The Morgan fingerprint density at radius 1 is 1.12 bits per heavy atom. The van der Waals surface area contributed by atoms with Crippen LogP contribution in [0.1, 0.15) is 37.4 Å². The highest BCUT2D eigenvalue weighted by atomic mass is 32.1. The first-order valence-electron chi connectivity index (χ1n) is 11.5. The maximum Gasteiger partial charge on any atom is 0.270 e. The van der Waals surface area contributed by atoms with E-state index in [1.54, 1.807) is 35.1 Å². The molecular weight excluding hydrogens is 444 g/mol. The lowest BCUT2D eigenvalue weighted by Gasteiger charge is -2.47. The zero-order valence-corrected chi connectivity index (χ0v) is 20.9. The van der Waals surface area contributed by atoms with Crippen molar-refractivity contribution in [1.29, 1.82) is 0 Å². The lowest BCUT2D eigenvalue weighted by molar-refractivity contribution is 0.119. The fraction of sp³-hybridized carbons (Fsp3) is 0.385. The molecule has 1 unspecified atom stereocenters. The molecule has 1 saturated heterocycles. The predicted octanol–water partition coefficient (Wildman–Crippen LogP) is 5.06. The fourth-order valence-corrected chi connectivity index (χ4v) is 5.99. The molecule has 174 valence electrons. The summed E-state index contributed by atoms with van der Waals surface area (Å²) < 4.78 is 2.83. The molecule has 0 N–H and O–H groups in total. The summed E-state index contributed by atoms with van der Waals surface area (Å²) in [7, 11) is 1.75. The largest absolute Gasteiger partial charge is 0.362 e. The minimum absolute atomic E-state index is 0.0660. The summed E-state index contributed by atoms with van der Waals surface area (Å²) in [6.45, 7) is 17.8. The van der Waals surface area contributed by atoms with Crippen molar-refractivity contribution in [2.45, 2.75) is 45.8 Å². The molecule has 0 radical (unpaired) electrons. The van der Waals surface area contributed by atoms with Gasteiger partial charge in [-0.15, -0.1) is 16.3 Å². The van der Waals surface area contributed by atoms with E-state index in [0.29, 0.717) is 11.3 Å². The Balaban J connectivity index is 1.48. The van der Waals surface area contributed by atoms with Crippen LogP contribution in [-0.4, -0.2) is 44.6 Å². The average Bonchev–Trinajstić information content (AvgIpc) is 3.21. The SMILES string of the molecule is [C-]#[N+]c1ccc2c(n1)c(N1C[C@@H](C)N(C(C)c3ccc4nc(C)sc4c3)C[C@@H]1C)cc(=O)n2C. The second-order valence-electron chi connectivity index (χ2n) is 9.26. The molecule has 34 heavy (non-hydrogen) atoms. The molecule has 1 aliphatic heterocycles. The van der Waals surface area contributed by atoms with Crippen LogP contribution in [0, 0.1) is 13.5 Å². The van der Waals surface area contributed by atoms with Crippen LogP contribution in [0.2, 0.25) is 0 Å². The van der Waals surface area contributed by atoms with E-state index in [1.165, 1.54) is 10.3 Å². The molecule has 1 aliphatic rings. The van der Waals surface area contributed by atoms with E-state index in [1.807, 2.05) is 13.0 Å². The Labute approximate surface area is 203 Å². The van der Waals surface area contributed by atoms with Crippen LogP contribution in [-0.2, 0) is 7.05 Å². The number of anilines is 1. The molecule has 1 aromatic carbocycles. The van der Waals surface area contributed by atoms with E-state index >= 15 is 0 Å². The van der Waals surface area contributed by atoms with Gasteiger partial charge in [0.2, 0.25) is 5.52 Å². The minimum atomic E-state index is -0.0660. The van der Waals surface area contributed by atoms with Gasteiger partial charge in [-0.25, -0.2) is 4.98 Å². The molecule has 3 atom stereocenters. The third kappa shape index (κ3) is 3.75. The third-order valence-corrected chi connectivity index (χ3v) is 7.95. The highest BCUT2D eigenvalue weighted by Crippen LogP contribution is 2.34. The molecule has 4 aromatic rings. The number of hydrogen-bond donors (Lipinski definition) is 0. The normalized spacial score (nSPS) is 20.1. The van der Waals surface area contributed by atoms with Gasteiger partial charge in [0.1, 0.15) is 0 Å². The zero-order valence-electron chi connectivity index (χ0n) is 20.1. The quantitative estimate of drug-likeness (QED) is 0.390. The van der Waals surface area contributed by atoms with Crippen molar-refractivity contribution < 1.29 is 0 Å². The number of hydrogen-bond acceptors (Lipinski definition) is 6. The summed E-state index contributed by atoms with van der Waals surface area (Å²) in [5.74, 6) is 0.342. The van der Waals surface area contributed by atoms with Crippen LogP contribution in [0.4, 0.5) is 11.5 Å². The number of rotatable bonds is 3. The standard InChI is InChI=1S/C26H28N6OS/c1-15-14-32(22-12-25(33)30(6)21-9-10-24(27-5)29-26(21)22)16(2)13-31(15)17(3)19-7-8-20-23(11-19)34-18(4)28-20/h7-12,15-17H,13-14H2,1-4,6H3/t15-,16+,17?/m1/s1. The summed E-state index contributed by atoms with van der Waals surface area (Å²) >= 11 is 1.74. The Kier molecular flexibility index (Phi) is 5.62. The van der Waals surface area contributed by atoms with Crippen LogP contribution < -0.4 is 10.5 Å². The fourth-order valence-electron chi connectivity index (χ4n) is 5.12. The smallest absolute Gasteiger partial charge is 0.270 e. The number of aromatic nitrogens is 3. The number of fused-ring (bicyclic) bond motifs is 2. The van der Waals surface area contributed by atoms with Crippen molar-refractivity contribution in [1.82, 2.24) is 19.4 Å². The van der Waals surface area contributed by atoms with Gasteiger partial charge in [-0.1, -0.05) is 12.6 Å². The first kappa shape index (κ1) is 22.5. The molecule has 0 bridgehead atoms. The Morgan fingerprint density at radius 2 is 1.91 bits per heavy atom. The van der Waals surface area contributed by atoms with Crippen molar-refractivity contribution in [3.63, 3.8) is 0 Å². The Bertz CT molecular complexity index is 1500. The van der Waals surface area contributed by atoms with Gasteiger partial charge in [0.05, 0.1) is 26.4 Å². The van der Waals surface area contributed by atoms with Crippen LogP contribution in [0.15, 0.2) is 41.2 Å². The maximum absolute atomic E-state index is 12.7. The molecule has 5 rings (SSSR count). The van der Waals surface area contributed by atoms with E-state index in [0.717, 1.165) is 34.8 Å². The first-order chi connectivity index (χ1) is 16.3. The second-order valence-corrected chi connectivity index (χ2v) is 10.5. The molecule has 0 aliphatic carbocycles. The maximum atomic E-state index is 12.7.